The fourth-order valence-corrected chi connectivity index (χ4v) is 1.37. The van der Waals surface area contributed by atoms with E-state index in [0.29, 0.717) is 0 Å². The molecular weight excluding hydrogens is 438 g/mol. The first-order valence-electron chi connectivity index (χ1n) is 4.43. The van der Waals surface area contributed by atoms with Crippen LogP contribution in [-0.2, 0) is 10.1 Å². The van der Waals surface area contributed by atoms with Gasteiger partial charge in [0, 0.05) is 51.4 Å². The Balaban J connectivity index is 0. The molecule has 0 saturated carbocycles. The molecular formula is C6HF13KO3S. The van der Waals surface area contributed by atoms with E-state index in [-0.39, 0.29) is 51.4 Å². The first-order valence-corrected chi connectivity index (χ1v) is 5.87. The van der Waals surface area contributed by atoms with Crippen LogP contribution < -0.4 is 0 Å². The topological polar surface area (TPSA) is 54.4 Å². The van der Waals surface area contributed by atoms with Gasteiger partial charge in [0.25, 0.3) is 0 Å². The third-order valence-corrected chi connectivity index (χ3v) is 3.13. The van der Waals surface area contributed by atoms with Crippen LogP contribution in [-0.4, -0.2) is 99.5 Å². The van der Waals surface area contributed by atoms with Gasteiger partial charge in [-0.25, -0.2) is 0 Å². The third-order valence-electron chi connectivity index (χ3n) is 2.23. The van der Waals surface area contributed by atoms with Gasteiger partial charge in [-0.3, -0.25) is 4.55 Å². The molecule has 0 aliphatic heterocycles. The Morgan fingerprint density at radius 1 is 0.542 bits per heavy atom. The molecule has 0 unspecified atom stereocenters. The standard InChI is InChI=1S/C6HF13O3S.K/c7-1(8,3(11,12)5(15,16)17)2(9,10)4(13,14)6(18,19)23(20,21)22;/h(H,20,21,22);. The Morgan fingerprint density at radius 2 is 0.792 bits per heavy atom. The minimum atomic E-state index is -8.25. The quantitative estimate of drug-likeness (QED) is 0.407. The predicted molar refractivity (Wildman–Crippen MR) is 48.1 cm³/mol. The van der Waals surface area contributed by atoms with Crippen LogP contribution in [0.15, 0.2) is 0 Å². The maximum atomic E-state index is 12.7. The van der Waals surface area contributed by atoms with Crippen LogP contribution in [0.1, 0.15) is 0 Å². The van der Waals surface area contributed by atoms with Crippen LogP contribution in [0, 0.1) is 0 Å². The monoisotopic (exact) mass is 439 g/mol. The van der Waals surface area contributed by atoms with E-state index in [4.69, 9.17) is 4.55 Å². The zero-order valence-electron chi connectivity index (χ0n) is 10.6. The summed E-state index contributed by atoms with van der Waals surface area (Å²) in [6.07, 6.45) is -7.59. The molecule has 0 heterocycles. The molecule has 0 aromatic carbocycles. The predicted octanol–water partition coefficient (Wildman–Crippen LogP) is 3.19. The third kappa shape index (κ3) is 3.55. The minimum absolute atomic E-state index is 0. The molecule has 0 saturated heterocycles. The molecule has 0 bridgehead atoms. The number of halogens is 13. The van der Waals surface area contributed by atoms with Crippen molar-refractivity contribution in [1.82, 2.24) is 0 Å². The second-order valence-corrected chi connectivity index (χ2v) is 5.25. The zero-order chi connectivity index (χ0) is 19.5. The van der Waals surface area contributed by atoms with Gasteiger partial charge in [0.1, 0.15) is 0 Å². The van der Waals surface area contributed by atoms with Gasteiger partial charge in [-0.05, 0) is 0 Å². The van der Waals surface area contributed by atoms with Gasteiger partial charge in [0.05, 0.1) is 0 Å². The minimum Gasteiger partial charge on any atom is -0.281 e. The fourth-order valence-electron chi connectivity index (χ4n) is 0.917. The van der Waals surface area contributed by atoms with Crippen molar-refractivity contribution in [3.63, 3.8) is 0 Å². The molecule has 0 aliphatic rings. The number of rotatable bonds is 5. The molecule has 1 radical (unpaired) electrons. The van der Waals surface area contributed by atoms with Gasteiger partial charge in [0.2, 0.25) is 0 Å². The summed E-state index contributed by atoms with van der Waals surface area (Å²) in [5, 5.41) is -7.52. The van der Waals surface area contributed by atoms with E-state index in [9.17, 15) is 65.5 Å². The van der Waals surface area contributed by atoms with E-state index in [1.165, 1.54) is 0 Å². The van der Waals surface area contributed by atoms with Crippen LogP contribution in [0.2, 0.25) is 0 Å². The van der Waals surface area contributed by atoms with Crippen molar-refractivity contribution in [2.24, 2.45) is 0 Å². The normalized spacial score (nSPS) is 15.9. The van der Waals surface area contributed by atoms with E-state index in [1.807, 2.05) is 0 Å². The van der Waals surface area contributed by atoms with Gasteiger partial charge in [-0.15, -0.1) is 0 Å². The summed E-state index contributed by atoms with van der Waals surface area (Å²) < 4.78 is 188. The summed E-state index contributed by atoms with van der Waals surface area (Å²) in [4.78, 5) is 0. The van der Waals surface area contributed by atoms with Gasteiger partial charge < -0.3 is 0 Å². The maximum absolute atomic E-state index is 12.7. The fraction of sp³-hybridized carbons (Fsp3) is 1.00. The van der Waals surface area contributed by atoms with Gasteiger partial charge >= 0.3 is 45.2 Å². The Morgan fingerprint density at radius 3 is 1.00 bits per heavy atom. The second kappa shape index (κ2) is 6.66. The molecule has 141 valence electrons. The van der Waals surface area contributed by atoms with E-state index >= 15 is 0 Å². The van der Waals surface area contributed by atoms with Crippen molar-refractivity contribution in [3.05, 3.63) is 0 Å². The van der Waals surface area contributed by atoms with Gasteiger partial charge in [-0.1, -0.05) is 0 Å². The van der Waals surface area contributed by atoms with Gasteiger partial charge in [0.15, 0.2) is 0 Å². The molecule has 0 atom stereocenters. The molecule has 0 aromatic rings. The Hall–Kier alpha value is 0.636. The van der Waals surface area contributed by atoms with Crippen molar-refractivity contribution in [3.8, 4) is 0 Å². The number of hydrogen-bond acceptors (Lipinski definition) is 2. The first kappa shape index (κ1) is 26.9. The molecule has 0 rings (SSSR count). The molecule has 24 heavy (non-hydrogen) atoms. The largest absolute Gasteiger partial charge is 0.460 e. The maximum Gasteiger partial charge on any atom is 0.460 e. The van der Waals surface area contributed by atoms with Crippen molar-refractivity contribution in [2.75, 3.05) is 0 Å². The Labute approximate surface area is 165 Å². The average Bonchev–Trinajstić information content (AvgIpc) is 2.24. The molecule has 0 spiro atoms. The van der Waals surface area contributed by atoms with Crippen LogP contribution in [0.25, 0.3) is 0 Å². The van der Waals surface area contributed by atoms with Gasteiger partial charge in [-0.2, -0.15) is 65.5 Å². The molecule has 0 amide bonds. The smallest absolute Gasteiger partial charge is 0.281 e. The molecule has 18 heteroatoms. The zero-order valence-corrected chi connectivity index (χ0v) is 14.5. The SMILES string of the molecule is O=S(=O)(O)C(F)(F)C(F)(F)C(F)(F)C(F)(F)C(F)(F)C(F)(F)F.[K]. The van der Waals surface area contributed by atoms with Crippen LogP contribution in [0.4, 0.5) is 57.1 Å². The molecule has 3 nitrogen and oxygen atoms in total. The molecule has 0 fully saturated rings. The van der Waals surface area contributed by atoms with E-state index < -0.39 is 45.2 Å². The Kier molecular flexibility index (Phi) is 7.46. The summed E-state index contributed by atoms with van der Waals surface area (Å²) in [7, 11) is -7.61. The van der Waals surface area contributed by atoms with Crippen molar-refractivity contribution < 1.29 is 70.0 Å². The summed E-state index contributed by atoms with van der Waals surface area (Å²) in [5.41, 5.74) is 0. The summed E-state index contributed by atoms with van der Waals surface area (Å²) in [6, 6.07) is 0. The van der Waals surface area contributed by atoms with E-state index in [2.05, 4.69) is 0 Å². The molecule has 1 N–H and O–H groups in total. The van der Waals surface area contributed by atoms with Crippen LogP contribution in [0.3, 0.4) is 0 Å². The first-order chi connectivity index (χ1) is 9.50. The molecule has 0 aliphatic carbocycles. The van der Waals surface area contributed by atoms with E-state index in [1.54, 1.807) is 0 Å². The van der Waals surface area contributed by atoms with Crippen molar-refractivity contribution >= 4 is 61.5 Å². The molecule has 0 aromatic heterocycles. The second-order valence-electron chi connectivity index (χ2n) is 3.79. The number of alkyl halides is 13. The van der Waals surface area contributed by atoms with Crippen LogP contribution >= 0.6 is 0 Å². The van der Waals surface area contributed by atoms with E-state index in [0.717, 1.165) is 0 Å². The van der Waals surface area contributed by atoms with Crippen molar-refractivity contribution in [1.29, 1.82) is 0 Å². The summed E-state index contributed by atoms with van der Waals surface area (Å²) >= 11 is 0. The average molecular weight is 439 g/mol. The summed E-state index contributed by atoms with van der Waals surface area (Å²) in [6.45, 7) is 0. The summed E-state index contributed by atoms with van der Waals surface area (Å²) in [5.74, 6) is -32.5. The van der Waals surface area contributed by atoms with Crippen LogP contribution in [0.5, 0.6) is 0 Å². The van der Waals surface area contributed by atoms with Crippen molar-refractivity contribution in [2.45, 2.75) is 35.1 Å². The number of hydrogen-bond donors (Lipinski definition) is 1. The Bertz CT molecular complexity index is 565.